The summed E-state index contributed by atoms with van der Waals surface area (Å²) in [7, 11) is 0. The van der Waals surface area contributed by atoms with Crippen LogP contribution in [-0.2, 0) is 0 Å². The second-order valence-electron chi connectivity index (χ2n) is 3.55. The molecular weight excluding hydrogens is 188 g/mol. The first-order valence-corrected chi connectivity index (χ1v) is 5.10. The summed E-state index contributed by atoms with van der Waals surface area (Å²) in [5.74, 6) is 0. The topological polar surface area (TPSA) is 56.0 Å². The molecule has 0 spiro atoms. The number of anilines is 1. The lowest BCUT2D eigenvalue weighted by Crippen LogP contribution is -2.19. The molecule has 1 aromatic rings. The van der Waals surface area contributed by atoms with Gasteiger partial charge in [0.15, 0.2) is 0 Å². The van der Waals surface area contributed by atoms with E-state index in [0.29, 0.717) is 18.5 Å². The molecule has 2 N–H and O–H groups in total. The minimum absolute atomic E-state index is 0.365. The molecule has 1 unspecified atom stereocenters. The number of hydrogen-bond acceptors (Lipinski definition) is 3. The van der Waals surface area contributed by atoms with Crippen LogP contribution in [0.2, 0.25) is 0 Å². The van der Waals surface area contributed by atoms with Crippen molar-refractivity contribution in [3.63, 3.8) is 0 Å². The first-order chi connectivity index (χ1) is 7.19. The van der Waals surface area contributed by atoms with Crippen LogP contribution in [0.3, 0.4) is 0 Å². The van der Waals surface area contributed by atoms with E-state index in [1.54, 1.807) is 6.07 Å². The Balaban J connectivity index is 2.80. The predicted octanol–water partition coefficient (Wildman–Crippen LogP) is 2.05. The average molecular weight is 204 g/mol. The van der Waals surface area contributed by atoms with Gasteiger partial charge in [0.05, 0.1) is 17.4 Å². The van der Waals surface area contributed by atoms with Crippen LogP contribution in [0.1, 0.15) is 24.5 Å². The van der Waals surface area contributed by atoms with Crippen molar-refractivity contribution in [2.24, 2.45) is 0 Å². The Bertz CT molecular complexity index is 368. The third kappa shape index (κ3) is 2.97. The number of nitriles is 1. The molecule has 0 aliphatic carbocycles. The lowest BCUT2D eigenvalue weighted by atomic mass is 10.1. The smallest absolute Gasteiger partial charge is 0.101 e. The first kappa shape index (κ1) is 11.5. The molecule has 15 heavy (non-hydrogen) atoms. The number of aliphatic hydroxyl groups is 1. The van der Waals surface area contributed by atoms with Crippen molar-refractivity contribution in [1.29, 1.82) is 5.26 Å². The normalized spacial score (nSPS) is 11.9. The molecular formula is C12H16N2O. The number of benzene rings is 1. The summed E-state index contributed by atoms with van der Waals surface area (Å²) in [6.45, 7) is 4.35. The van der Waals surface area contributed by atoms with E-state index in [-0.39, 0.29) is 6.10 Å². The molecule has 3 heteroatoms. The maximum atomic E-state index is 9.43. The molecule has 0 saturated carbocycles. The highest BCUT2D eigenvalue weighted by molar-refractivity contribution is 5.62. The van der Waals surface area contributed by atoms with Gasteiger partial charge in [0, 0.05) is 6.54 Å². The Morgan fingerprint density at radius 3 is 2.87 bits per heavy atom. The van der Waals surface area contributed by atoms with Gasteiger partial charge in [-0.05, 0) is 25.0 Å². The van der Waals surface area contributed by atoms with Crippen LogP contribution < -0.4 is 5.32 Å². The van der Waals surface area contributed by atoms with Crippen LogP contribution in [0.15, 0.2) is 18.2 Å². The summed E-state index contributed by atoms with van der Waals surface area (Å²) < 4.78 is 0. The highest BCUT2D eigenvalue weighted by Gasteiger charge is 2.06. The molecule has 0 aliphatic heterocycles. The summed E-state index contributed by atoms with van der Waals surface area (Å²) in [5, 5.41) is 21.5. The summed E-state index contributed by atoms with van der Waals surface area (Å²) in [6, 6.07) is 7.71. The van der Waals surface area contributed by atoms with Crippen molar-refractivity contribution < 1.29 is 5.11 Å². The number of aryl methyl sites for hydroxylation is 1. The highest BCUT2D eigenvalue weighted by atomic mass is 16.3. The molecule has 1 atom stereocenters. The first-order valence-electron chi connectivity index (χ1n) is 5.10. The van der Waals surface area contributed by atoms with Gasteiger partial charge in [0.1, 0.15) is 6.07 Å². The van der Waals surface area contributed by atoms with Crippen molar-refractivity contribution in [3.8, 4) is 6.07 Å². The van der Waals surface area contributed by atoms with E-state index < -0.39 is 0 Å². The summed E-state index contributed by atoms with van der Waals surface area (Å²) in [5.41, 5.74) is 2.48. The Kier molecular flexibility index (Phi) is 4.14. The Labute approximate surface area is 90.4 Å². The number of nitrogens with zero attached hydrogens (tertiary/aromatic N) is 1. The van der Waals surface area contributed by atoms with E-state index in [1.165, 1.54) is 0 Å². The fraction of sp³-hybridized carbons (Fsp3) is 0.417. The molecule has 0 aliphatic rings. The zero-order chi connectivity index (χ0) is 11.3. The lowest BCUT2D eigenvalue weighted by Gasteiger charge is -2.13. The van der Waals surface area contributed by atoms with Crippen molar-refractivity contribution >= 4 is 5.69 Å². The van der Waals surface area contributed by atoms with Crippen LogP contribution >= 0.6 is 0 Å². The maximum Gasteiger partial charge on any atom is 0.101 e. The predicted molar refractivity (Wildman–Crippen MR) is 60.7 cm³/mol. The second kappa shape index (κ2) is 5.38. The van der Waals surface area contributed by atoms with Crippen molar-refractivity contribution in [1.82, 2.24) is 0 Å². The molecule has 3 nitrogen and oxygen atoms in total. The molecule has 0 radical (unpaired) electrons. The summed E-state index contributed by atoms with van der Waals surface area (Å²) in [4.78, 5) is 0. The van der Waals surface area contributed by atoms with E-state index >= 15 is 0 Å². The number of hydrogen-bond donors (Lipinski definition) is 2. The largest absolute Gasteiger partial charge is 0.391 e. The molecule has 0 bridgehead atoms. The second-order valence-corrected chi connectivity index (χ2v) is 3.55. The zero-order valence-electron chi connectivity index (χ0n) is 9.12. The minimum Gasteiger partial charge on any atom is -0.391 e. The number of rotatable bonds is 4. The van der Waals surface area contributed by atoms with Gasteiger partial charge in [-0.25, -0.2) is 0 Å². The van der Waals surface area contributed by atoms with Gasteiger partial charge in [0.2, 0.25) is 0 Å². The third-order valence-electron chi connectivity index (χ3n) is 2.38. The fourth-order valence-electron chi connectivity index (χ4n) is 1.36. The van der Waals surface area contributed by atoms with Gasteiger partial charge >= 0.3 is 0 Å². The molecule has 0 saturated heterocycles. The standard InChI is InChI=1S/C12H16N2O/c1-3-11(15)8-14-12-9(2)5-4-6-10(12)7-13/h4-6,11,14-15H,3,8H2,1-2H3. The summed E-state index contributed by atoms with van der Waals surface area (Å²) >= 11 is 0. The quantitative estimate of drug-likeness (QED) is 0.789. The Morgan fingerprint density at radius 2 is 2.27 bits per heavy atom. The van der Waals surface area contributed by atoms with Gasteiger partial charge in [0.25, 0.3) is 0 Å². The van der Waals surface area contributed by atoms with Gasteiger partial charge < -0.3 is 10.4 Å². The number of nitrogens with one attached hydrogen (secondary N) is 1. The Hall–Kier alpha value is -1.53. The van der Waals surface area contributed by atoms with E-state index in [1.807, 2.05) is 26.0 Å². The van der Waals surface area contributed by atoms with Crippen LogP contribution in [0.5, 0.6) is 0 Å². The summed E-state index contributed by atoms with van der Waals surface area (Å²) in [6.07, 6.45) is 0.344. The lowest BCUT2D eigenvalue weighted by molar-refractivity contribution is 0.183. The fourth-order valence-corrected chi connectivity index (χ4v) is 1.36. The van der Waals surface area contributed by atoms with Crippen LogP contribution in [0.25, 0.3) is 0 Å². The van der Waals surface area contributed by atoms with Crippen molar-refractivity contribution in [2.75, 3.05) is 11.9 Å². The molecule has 0 fully saturated rings. The van der Waals surface area contributed by atoms with Crippen LogP contribution in [-0.4, -0.2) is 17.8 Å². The van der Waals surface area contributed by atoms with Crippen molar-refractivity contribution in [2.45, 2.75) is 26.4 Å². The van der Waals surface area contributed by atoms with Gasteiger partial charge in [-0.15, -0.1) is 0 Å². The molecule has 0 amide bonds. The van der Waals surface area contributed by atoms with Crippen LogP contribution in [0.4, 0.5) is 5.69 Å². The van der Waals surface area contributed by atoms with E-state index in [2.05, 4.69) is 11.4 Å². The van der Waals surface area contributed by atoms with Gasteiger partial charge in [-0.2, -0.15) is 5.26 Å². The van der Waals surface area contributed by atoms with Gasteiger partial charge in [-0.1, -0.05) is 19.1 Å². The highest BCUT2D eigenvalue weighted by Crippen LogP contribution is 2.19. The minimum atomic E-state index is -0.365. The molecule has 1 rings (SSSR count). The molecule has 80 valence electrons. The number of para-hydroxylation sites is 1. The average Bonchev–Trinajstić information content (AvgIpc) is 2.26. The zero-order valence-corrected chi connectivity index (χ0v) is 9.12. The van der Waals surface area contributed by atoms with E-state index in [9.17, 15) is 5.11 Å². The third-order valence-corrected chi connectivity index (χ3v) is 2.38. The van der Waals surface area contributed by atoms with Gasteiger partial charge in [-0.3, -0.25) is 0 Å². The number of aliphatic hydroxyl groups excluding tert-OH is 1. The SMILES string of the molecule is CCC(O)CNc1c(C)cccc1C#N. The van der Waals surface area contributed by atoms with E-state index in [4.69, 9.17) is 5.26 Å². The molecule has 0 aromatic heterocycles. The molecule has 1 aromatic carbocycles. The molecule has 0 heterocycles. The van der Waals surface area contributed by atoms with Crippen LogP contribution in [0, 0.1) is 18.3 Å². The maximum absolute atomic E-state index is 9.43. The monoisotopic (exact) mass is 204 g/mol. The Morgan fingerprint density at radius 1 is 1.53 bits per heavy atom. The van der Waals surface area contributed by atoms with Crippen molar-refractivity contribution in [3.05, 3.63) is 29.3 Å². The van der Waals surface area contributed by atoms with E-state index in [0.717, 1.165) is 11.3 Å².